The summed E-state index contributed by atoms with van der Waals surface area (Å²) >= 11 is 0. The van der Waals surface area contributed by atoms with Gasteiger partial charge in [0.15, 0.2) is 0 Å². The van der Waals surface area contributed by atoms with E-state index in [0.29, 0.717) is 0 Å². The van der Waals surface area contributed by atoms with Gasteiger partial charge in [-0.15, -0.1) is 3.89 Å². The van der Waals surface area contributed by atoms with Crippen molar-refractivity contribution in [3.8, 4) is 0 Å². The van der Waals surface area contributed by atoms with Crippen molar-refractivity contribution in [2.75, 3.05) is 0 Å². The van der Waals surface area contributed by atoms with Crippen molar-refractivity contribution in [2.45, 2.75) is 10.8 Å². The summed E-state index contributed by atoms with van der Waals surface area (Å²) in [5.41, 5.74) is -4.77. The van der Waals surface area contributed by atoms with Crippen molar-refractivity contribution in [3.05, 3.63) is 0 Å². The van der Waals surface area contributed by atoms with Gasteiger partial charge in [-0.2, -0.15) is 25.6 Å². The highest BCUT2D eigenvalue weighted by molar-refractivity contribution is 7.91. The van der Waals surface area contributed by atoms with Crippen molar-refractivity contribution in [1.82, 2.24) is 0 Å². The molecule has 0 amide bonds. The molecule has 11 heteroatoms. The van der Waals surface area contributed by atoms with Crippen LogP contribution in [-0.4, -0.2) is 27.6 Å². The highest BCUT2D eigenvalue weighted by Gasteiger charge is 2.60. The fourth-order valence-electron chi connectivity index (χ4n) is 0.275. The number of rotatable bonds is 3. The molecule has 0 fully saturated rings. The maximum Gasteiger partial charge on any atom is 0.421 e. The lowest BCUT2D eigenvalue weighted by molar-refractivity contribution is 0.0347. The second-order valence-corrected chi connectivity index (χ2v) is 4.58. The van der Waals surface area contributed by atoms with Gasteiger partial charge in [-0.1, -0.05) is 3.89 Å². The van der Waals surface area contributed by atoms with Gasteiger partial charge in [-0.05, 0) is 0 Å². The Balaban J connectivity index is 5.35. The lowest BCUT2D eigenvalue weighted by Gasteiger charge is -2.12. The molecule has 0 saturated heterocycles. The highest BCUT2D eigenvalue weighted by Crippen LogP contribution is 2.33. The van der Waals surface area contributed by atoms with E-state index in [9.17, 15) is 37.8 Å². The molecule has 1 atom stereocenters. The molecule has 0 heterocycles. The number of hydrogen-bond donors (Lipinski definition) is 0. The van der Waals surface area contributed by atoms with Gasteiger partial charge in [0.2, 0.25) is 0 Å². The molecular weight excluding hydrogens is 247 g/mol. The summed E-state index contributed by atoms with van der Waals surface area (Å²) in [6, 6.07) is 0. The molecule has 1 unspecified atom stereocenters. The van der Waals surface area contributed by atoms with Crippen molar-refractivity contribution < 1.29 is 37.8 Å². The zero-order chi connectivity index (χ0) is 11.1. The van der Waals surface area contributed by atoms with Gasteiger partial charge in [0.25, 0.3) is 0 Å². The maximum atomic E-state index is 11.9. The minimum Gasteiger partial charge on any atom is -0.219 e. The van der Waals surface area contributed by atoms with E-state index in [1.54, 1.807) is 0 Å². The molecule has 13 heavy (non-hydrogen) atoms. The molecule has 0 N–H and O–H groups in total. The number of alkyl halides is 3. The molecule has 0 bridgehead atoms. The topological polar surface area (TPSA) is 68.3 Å². The Morgan fingerprint density at radius 1 is 1.00 bits per heavy atom. The van der Waals surface area contributed by atoms with Crippen LogP contribution in [0, 0.1) is 0 Å². The van der Waals surface area contributed by atoms with Gasteiger partial charge in [0.05, 0.1) is 0 Å². The first-order chi connectivity index (χ1) is 5.40. The van der Waals surface area contributed by atoms with Gasteiger partial charge in [0, 0.05) is 0 Å². The minimum atomic E-state index is -6.81. The molecule has 0 aromatic rings. The Morgan fingerprint density at radius 3 is 1.38 bits per heavy atom. The van der Waals surface area contributed by atoms with E-state index in [0.717, 1.165) is 0 Å². The summed E-state index contributed by atoms with van der Waals surface area (Å²) in [4.78, 5) is 0. The Kier molecular flexibility index (Phi) is 2.94. The zero-order valence-electron chi connectivity index (χ0n) is 5.42. The van der Waals surface area contributed by atoms with E-state index in [1.165, 1.54) is 0 Å². The summed E-state index contributed by atoms with van der Waals surface area (Å²) in [7, 11) is -13.3. The van der Waals surface area contributed by atoms with Gasteiger partial charge in [0.1, 0.15) is 0 Å². The monoisotopic (exact) mass is 248 g/mol. The third kappa shape index (κ3) is 2.49. The van der Waals surface area contributed by atoms with Crippen LogP contribution in [-0.2, 0) is 20.4 Å². The van der Waals surface area contributed by atoms with Crippen molar-refractivity contribution in [2.24, 2.45) is 0 Å². The average Bonchev–Trinajstić information content (AvgIpc) is 1.81. The van der Waals surface area contributed by atoms with Crippen LogP contribution in [0.25, 0.3) is 0 Å². The van der Waals surface area contributed by atoms with Crippen LogP contribution in [0.2, 0.25) is 0 Å². The van der Waals surface area contributed by atoms with Crippen LogP contribution in [0.5, 0.6) is 0 Å². The van der Waals surface area contributed by atoms with Crippen molar-refractivity contribution >= 4 is 20.4 Å². The second-order valence-electron chi connectivity index (χ2n) is 1.79. The Morgan fingerprint density at radius 2 is 1.31 bits per heavy atom. The molecule has 0 radical (unpaired) electrons. The first-order valence-electron chi connectivity index (χ1n) is 2.30. The summed E-state index contributed by atoms with van der Waals surface area (Å²) in [6.07, 6.45) is 0. The Labute approximate surface area is 69.8 Å². The van der Waals surface area contributed by atoms with Crippen molar-refractivity contribution in [3.63, 3.8) is 0 Å². The predicted octanol–water partition coefficient (Wildman–Crippen LogP) is 0.473. The maximum absolute atomic E-state index is 11.9. The van der Waals surface area contributed by atoms with Gasteiger partial charge >= 0.3 is 31.2 Å². The number of halogens is 5. The fourth-order valence-corrected chi connectivity index (χ4v) is 1.51. The fraction of sp³-hybridized carbons (Fsp3) is 1.00. The standard InChI is InChI=1S/C2HF5O4S2/c3-1(12(6,8)9)2(4,5)13(7,10)11/h1H. The van der Waals surface area contributed by atoms with Gasteiger partial charge < -0.3 is 0 Å². The second kappa shape index (κ2) is 3.04. The van der Waals surface area contributed by atoms with Gasteiger partial charge in [-0.3, -0.25) is 0 Å². The third-order valence-electron chi connectivity index (χ3n) is 0.836. The Hall–Kier alpha value is -0.450. The molecule has 0 spiro atoms. The van der Waals surface area contributed by atoms with E-state index in [1.807, 2.05) is 0 Å². The lowest BCUT2D eigenvalue weighted by atomic mass is 10.8. The summed E-state index contributed by atoms with van der Waals surface area (Å²) < 4.78 is 96.4. The minimum absolute atomic E-state index is 4.77. The first kappa shape index (κ1) is 12.6. The lowest BCUT2D eigenvalue weighted by Crippen LogP contribution is -2.40. The molecular formula is C2HF5O4S2. The molecule has 80 valence electrons. The molecule has 0 aliphatic rings. The molecule has 4 nitrogen and oxygen atoms in total. The van der Waals surface area contributed by atoms with E-state index in [4.69, 9.17) is 0 Å². The summed E-state index contributed by atoms with van der Waals surface area (Å²) in [6.45, 7) is 0. The summed E-state index contributed by atoms with van der Waals surface area (Å²) in [5, 5.41) is -5.94. The molecule has 0 rings (SSSR count). The molecule has 0 aromatic heterocycles. The molecule has 0 aromatic carbocycles. The van der Waals surface area contributed by atoms with Crippen molar-refractivity contribution in [1.29, 1.82) is 0 Å². The quantitative estimate of drug-likeness (QED) is 0.538. The largest absolute Gasteiger partial charge is 0.421 e. The van der Waals surface area contributed by atoms with Crippen LogP contribution in [0.4, 0.5) is 20.9 Å². The van der Waals surface area contributed by atoms with E-state index < -0.39 is 31.2 Å². The van der Waals surface area contributed by atoms with E-state index in [2.05, 4.69) is 0 Å². The first-order valence-corrected chi connectivity index (χ1v) is 5.13. The SMILES string of the molecule is O=S(=O)(F)C(F)C(F)(F)S(=O)(=O)F. The van der Waals surface area contributed by atoms with Crippen LogP contribution in [0.15, 0.2) is 0 Å². The molecule has 0 saturated carbocycles. The molecule has 0 aliphatic carbocycles. The van der Waals surface area contributed by atoms with Crippen LogP contribution < -0.4 is 0 Å². The van der Waals surface area contributed by atoms with E-state index >= 15 is 0 Å². The zero-order valence-corrected chi connectivity index (χ0v) is 7.05. The van der Waals surface area contributed by atoms with Crippen LogP contribution >= 0.6 is 0 Å². The summed E-state index contributed by atoms with van der Waals surface area (Å²) in [5.74, 6) is 0. The number of hydrogen-bond acceptors (Lipinski definition) is 4. The Bertz CT molecular complexity index is 381. The smallest absolute Gasteiger partial charge is 0.219 e. The predicted molar refractivity (Wildman–Crippen MR) is 29.9 cm³/mol. The normalized spacial score (nSPS) is 17.0. The third-order valence-corrected chi connectivity index (χ3v) is 2.63. The van der Waals surface area contributed by atoms with E-state index in [-0.39, 0.29) is 0 Å². The van der Waals surface area contributed by atoms with Gasteiger partial charge in [-0.25, -0.2) is 4.39 Å². The van der Waals surface area contributed by atoms with Crippen LogP contribution in [0.3, 0.4) is 0 Å². The molecule has 0 aliphatic heterocycles. The highest BCUT2D eigenvalue weighted by atomic mass is 32.3. The van der Waals surface area contributed by atoms with Crippen LogP contribution in [0.1, 0.15) is 0 Å². The average molecular weight is 248 g/mol.